The number of rotatable bonds is 5. The third kappa shape index (κ3) is 3.47. The van der Waals surface area contributed by atoms with Crippen molar-refractivity contribution in [3.05, 3.63) is 41.7 Å². The Bertz CT molecular complexity index is 634. The van der Waals surface area contributed by atoms with Gasteiger partial charge in [-0.15, -0.1) is 0 Å². The van der Waals surface area contributed by atoms with Gasteiger partial charge in [0.25, 0.3) is 5.91 Å². The second-order valence-corrected chi connectivity index (χ2v) is 4.36. The van der Waals surface area contributed by atoms with E-state index in [9.17, 15) is 9.59 Å². The van der Waals surface area contributed by atoms with Crippen LogP contribution < -0.4 is 5.32 Å². The molecule has 0 radical (unpaired) electrons. The summed E-state index contributed by atoms with van der Waals surface area (Å²) >= 11 is 0. The zero-order valence-corrected chi connectivity index (χ0v) is 11.9. The fourth-order valence-corrected chi connectivity index (χ4v) is 1.86. The molecule has 0 atom stereocenters. The third-order valence-electron chi connectivity index (χ3n) is 2.82. The van der Waals surface area contributed by atoms with Crippen molar-refractivity contribution in [2.75, 3.05) is 13.2 Å². The number of amides is 1. The SMILES string of the molecule is CCNC(=O)COC(=O)c1c(-c2ccccc2)noc1C. The normalized spacial score (nSPS) is 10.2. The molecule has 6 nitrogen and oxygen atoms in total. The maximum Gasteiger partial charge on any atom is 0.344 e. The quantitative estimate of drug-likeness (QED) is 0.850. The highest BCUT2D eigenvalue weighted by molar-refractivity contribution is 5.98. The largest absolute Gasteiger partial charge is 0.452 e. The molecule has 0 spiro atoms. The molecule has 1 N–H and O–H groups in total. The summed E-state index contributed by atoms with van der Waals surface area (Å²) in [6.07, 6.45) is 0. The number of esters is 1. The summed E-state index contributed by atoms with van der Waals surface area (Å²) in [5.74, 6) is -0.616. The van der Waals surface area contributed by atoms with E-state index in [1.54, 1.807) is 13.8 Å². The van der Waals surface area contributed by atoms with Crippen LogP contribution in [0.1, 0.15) is 23.0 Å². The lowest BCUT2D eigenvalue weighted by Gasteiger charge is -2.05. The van der Waals surface area contributed by atoms with Crippen molar-refractivity contribution in [3.8, 4) is 11.3 Å². The fourth-order valence-electron chi connectivity index (χ4n) is 1.86. The Hall–Kier alpha value is -2.63. The van der Waals surface area contributed by atoms with Crippen molar-refractivity contribution in [3.63, 3.8) is 0 Å². The first-order chi connectivity index (χ1) is 10.1. The second-order valence-electron chi connectivity index (χ2n) is 4.36. The van der Waals surface area contributed by atoms with E-state index in [4.69, 9.17) is 9.26 Å². The Balaban J connectivity index is 2.18. The number of nitrogens with zero attached hydrogens (tertiary/aromatic N) is 1. The van der Waals surface area contributed by atoms with Crippen LogP contribution in [-0.4, -0.2) is 30.2 Å². The number of carbonyl (C=O) groups is 2. The lowest BCUT2D eigenvalue weighted by molar-refractivity contribution is -0.124. The molecule has 0 aliphatic heterocycles. The molecule has 0 aliphatic carbocycles. The van der Waals surface area contributed by atoms with Gasteiger partial charge in [-0.25, -0.2) is 4.79 Å². The number of ether oxygens (including phenoxy) is 1. The maximum absolute atomic E-state index is 12.1. The lowest BCUT2D eigenvalue weighted by Crippen LogP contribution is -2.28. The van der Waals surface area contributed by atoms with Gasteiger partial charge in [0.2, 0.25) is 0 Å². The van der Waals surface area contributed by atoms with Crippen LogP contribution in [0.4, 0.5) is 0 Å². The molecule has 1 aromatic carbocycles. The van der Waals surface area contributed by atoms with Crippen LogP contribution in [0.2, 0.25) is 0 Å². The zero-order chi connectivity index (χ0) is 15.2. The molecule has 2 aromatic rings. The van der Waals surface area contributed by atoms with E-state index in [2.05, 4.69) is 10.5 Å². The molecule has 0 saturated heterocycles. The van der Waals surface area contributed by atoms with Crippen LogP contribution in [0, 0.1) is 6.92 Å². The molecular weight excluding hydrogens is 272 g/mol. The van der Waals surface area contributed by atoms with E-state index < -0.39 is 5.97 Å². The number of aryl methyl sites for hydroxylation is 1. The molecule has 0 aliphatic rings. The van der Waals surface area contributed by atoms with Crippen LogP contribution in [0.3, 0.4) is 0 Å². The van der Waals surface area contributed by atoms with Gasteiger partial charge >= 0.3 is 5.97 Å². The van der Waals surface area contributed by atoms with E-state index in [0.717, 1.165) is 5.56 Å². The fraction of sp³-hybridized carbons (Fsp3) is 0.267. The lowest BCUT2D eigenvalue weighted by atomic mass is 10.1. The average Bonchev–Trinajstić information content (AvgIpc) is 2.88. The third-order valence-corrected chi connectivity index (χ3v) is 2.82. The Morgan fingerprint density at radius 3 is 2.67 bits per heavy atom. The van der Waals surface area contributed by atoms with Crippen molar-refractivity contribution >= 4 is 11.9 Å². The first-order valence-electron chi connectivity index (χ1n) is 6.59. The van der Waals surface area contributed by atoms with E-state index >= 15 is 0 Å². The highest BCUT2D eigenvalue weighted by atomic mass is 16.5. The molecule has 0 fully saturated rings. The Morgan fingerprint density at radius 2 is 2.00 bits per heavy atom. The topological polar surface area (TPSA) is 81.4 Å². The first kappa shape index (κ1) is 14.8. The summed E-state index contributed by atoms with van der Waals surface area (Å²) in [5, 5.41) is 6.45. The van der Waals surface area contributed by atoms with Gasteiger partial charge < -0.3 is 14.6 Å². The van der Waals surface area contributed by atoms with Gasteiger partial charge in [0.15, 0.2) is 6.61 Å². The zero-order valence-electron chi connectivity index (χ0n) is 11.9. The highest BCUT2D eigenvalue weighted by Gasteiger charge is 2.23. The number of aromatic nitrogens is 1. The number of carbonyl (C=O) groups excluding carboxylic acids is 2. The van der Waals surface area contributed by atoms with Crippen molar-refractivity contribution in [2.24, 2.45) is 0 Å². The molecule has 0 saturated carbocycles. The Kier molecular flexibility index (Phi) is 4.71. The second kappa shape index (κ2) is 6.69. The highest BCUT2D eigenvalue weighted by Crippen LogP contribution is 2.25. The summed E-state index contributed by atoms with van der Waals surface area (Å²) < 4.78 is 10.1. The van der Waals surface area contributed by atoms with Crippen molar-refractivity contribution in [1.29, 1.82) is 0 Å². The van der Waals surface area contributed by atoms with Crippen LogP contribution in [0.15, 0.2) is 34.9 Å². The molecule has 2 rings (SSSR count). The molecular formula is C15H16N2O4. The summed E-state index contributed by atoms with van der Waals surface area (Å²) in [6.45, 7) is 3.57. The predicted octanol–water partition coefficient (Wildman–Crippen LogP) is 1.94. The smallest absolute Gasteiger partial charge is 0.344 e. The van der Waals surface area contributed by atoms with Gasteiger partial charge in [-0.1, -0.05) is 35.5 Å². The Morgan fingerprint density at radius 1 is 1.29 bits per heavy atom. The number of benzene rings is 1. The van der Waals surface area contributed by atoms with Gasteiger partial charge in [-0.05, 0) is 13.8 Å². The number of likely N-dealkylation sites (N-methyl/N-ethyl adjacent to an activating group) is 1. The van der Waals surface area contributed by atoms with E-state index in [0.29, 0.717) is 18.0 Å². The van der Waals surface area contributed by atoms with Crippen LogP contribution >= 0.6 is 0 Å². The minimum Gasteiger partial charge on any atom is -0.452 e. The van der Waals surface area contributed by atoms with Crippen molar-refractivity contribution < 1.29 is 18.8 Å². The molecule has 1 aromatic heterocycles. The van der Waals surface area contributed by atoms with Gasteiger partial charge in [-0.2, -0.15) is 0 Å². The predicted molar refractivity (Wildman–Crippen MR) is 75.6 cm³/mol. The standard InChI is InChI=1S/C15H16N2O4/c1-3-16-12(18)9-20-15(19)13-10(2)21-17-14(13)11-7-5-4-6-8-11/h4-8H,3,9H2,1-2H3,(H,16,18). The Labute approximate surface area is 122 Å². The maximum atomic E-state index is 12.1. The first-order valence-corrected chi connectivity index (χ1v) is 6.59. The van der Waals surface area contributed by atoms with Gasteiger partial charge in [-0.3, -0.25) is 4.79 Å². The van der Waals surface area contributed by atoms with Gasteiger partial charge in [0.05, 0.1) is 0 Å². The monoisotopic (exact) mass is 288 g/mol. The van der Waals surface area contributed by atoms with Crippen molar-refractivity contribution in [2.45, 2.75) is 13.8 Å². The van der Waals surface area contributed by atoms with E-state index in [-0.39, 0.29) is 18.1 Å². The summed E-state index contributed by atoms with van der Waals surface area (Å²) in [5.41, 5.74) is 1.40. The molecule has 0 unspecified atom stereocenters. The van der Waals surface area contributed by atoms with E-state index in [1.807, 2.05) is 30.3 Å². The average molecular weight is 288 g/mol. The minimum atomic E-state index is -0.626. The molecule has 21 heavy (non-hydrogen) atoms. The summed E-state index contributed by atoms with van der Waals surface area (Å²) in [6, 6.07) is 9.17. The van der Waals surface area contributed by atoms with Gasteiger partial charge in [0, 0.05) is 12.1 Å². The van der Waals surface area contributed by atoms with Crippen molar-refractivity contribution in [1.82, 2.24) is 10.5 Å². The van der Waals surface area contributed by atoms with E-state index in [1.165, 1.54) is 0 Å². The molecule has 1 amide bonds. The number of nitrogens with one attached hydrogen (secondary N) is 1. The molecule has 110 valence electrons. The molecule has 0 bridgehead atoms. The minimum absolute atomic E-state index is 0.241. The van der Waals surface area contributed by atoms with Gasteiger partial charge in [0.1, 0.15) is 17.0 Å². The molecule has 1 heterocycles. The summed E-state index contributed by atoms with van der Waals surface area (Å²) in [7, 11) is 0. The van der Waals surface area contributed by atoms with Crippen LogP contribution in [-0.2, 0) is 9.53 Å². The number of hydrogen-bond acceptors (Lipinski definition) is 5. The molecule has 6 heteroatoms. The number of hydrogen-bond donors (Lipinski definition) is 1. The summed E-state index contributed by atoms with van der Waals surface area (Å²) in [4.78, 5) is 23.5. The van der Waals surface area contributed by atoms with Crippen LogP contribution in [0.5, 0.6) is 0 Å². The van der Waals surface area contributed by atoms with Crippen LogP contribution in [0.25, 0.3) is 11.3 Å².